The second-order valence-electron chi connectivity index (χ2n) is 3.91. The van der Waals surface area contributed by atoms with Crippen molar-refractivity contribution in [2.75, 3.05) is 0 Å². The Kier molecular flexibility index (Phi) is 2.26. The first-order valence-corrected chi connectivity index (χ1v) is 5.69. The second-order valence-corrected chi connectivity index (χ2v) is 5.56. The quantitative estimate of drug-likeness (QED) is 0.583. The molecule has 0 aliphatic heterocycles. The van der Waals surface area contributed by atoms with Crippen LogP contribution in [0, 0.1) is 5.41 Å². The summed E-state index contributed by atoms with van der Waals surface area (Å²) < 4.78 is 1.66. The summed E-state index contributed by atoms with van der Waals surface area (Å²) in [7, 11) is 0. The number of allylic oxidation sites excluding steroid dienone is 4. The predicted molar refractivity (Wildman–Crippen MR) is 52.0 cm³/mol. The van der Waals surface area contributed by atoms with Crippen molar-refractivity contribution in [3.63, 3.8) is 0 Å². The number of rotatable bonds is 0. The van der Waals surface area contributed by atoms with E-state index >= 15 is 0 Å². The van der Waals surface area contributed by atoms with Gasteiger partial charge in [0.15, 0.2) is 0 Å². The van der Waals surface area contributed by atoms with E-state index in [1.54, 1.807) is 14.7 Å². The molecule has 0 saturated carbocycles. The van der Waals surface area contributed by atoms with Crippen LogP contribution in [-0.2, 0) is 0 Å². The van der Waals surface area contributed by atoms with Gasteiger partial charge in [-0.25, -0.2) is 0 Å². The molecule has 2 radical (unpaired) electrons. The zero-order valence-electron chi connectivity index (χ0n) is 8.08. The minimum atomic E-state index is 0.371. The first-order chi connectivity index (χ1) is 4.89. The third-order valence-electron chi connectivity index (χ3n) is 3.14. The molecule has 0 fully saturated rings. The molecule has 0 N–H and O–H groups in total. The van der Waals surface area contributed by atoms with E-state index in [1.165, 1.54) is 28.1 Å². The average Bonchev–Trinajstić information content (AvgIpc) is 2.06. The molecular formula is C10H16Sn. The van der Waals surface area contributed by atoms with E-state index in [0.717, 1.165) is 0 Å². The second kappa shape index (κ2) is 2.65. The fourth-order valence-corrected chi connectivity index (χ4v) is 2.86. The van der Waals surface area contributed by atoms with Gasteiger partial charge in [0.2, 0.25) is 0 Å². The molecule has 0 atom stereocenters. The van der Waals surface area contributed by atoms with Crippen molar-refractivity contribution in [3.8, 4) is 0 Å². The summed E-state index contributed by atoms with van der Waals surface area (Å²) in [6.07, 6.45) is 0. The molecule has 0 aromatic carbocycles. The first kappa shape index (κ1) is 9.37. The number of hydrogen-bond acceptors (Lipinski definition) is 0. The third kappa shape index (κ3) is 1.20. The van der Waals surface area contributed by atoms with Gasteiger partial charge in [-0.3, -0.25) is 0 Å². The Morgan fingerprint density at radius 3 is 1.55 bits per heavy atom. The summed E-state index contributed by atoms with van der Waals surface area (Å²) in [6, 6.07) is 0. The topological polar surface area (TPSA) is 0 Å². The summed E-state index contributed by atoms with van der Waals surface area (Å²) in [5.74, 6) is 0. The molecule has 0 nitrogen and oxygen atoms in total. The van der Waals surface area contributed by atoms with Crippen molar-refractivity contribution in [1.82, 2.24) is 0 Å². The van der Waals surface area contributed by atoms with Crippen LogP contribution >= 0.6 is 0 Å². The molecule has 1 aliphatic carbocycles. The van der Waals surface area contributed by atoms with E-state index in [1.807, 2.05) is 0 Å². The molecule has 0 saturated heterocycles. The van der Waals surface area contributed by atoms with Crippen molar-refractivity contribution in [2.24, 2.45) is 5.41 Å². The summed E-state index contributed by atoms with van der Waals surface area (Å²) in [5, 5.41) is 0. The SMILES string of the molecule is CC1=C(C)C(C)(C)[C]([SnH])=C1C. The van der Waals surface area contributed by atoms with Gasteiger partial charge < -0.3 is 0 Å². The zero-order valence-corrected chi connectivity index (χ0v) is 11.4. The maximum atomic E-state index is 2.34. The van der Waals surface area contributed by atoms with E-state index in [2.05, 4.69) is 34.6 Å². The summed E-state index contributed by atoms with van der Waals surface area (Å²) in [4.78, 5) is 0. The molecule has 0 bridgehead atoms. The monoisotopic (exact) mass is 256 g/mol. The molecule has 0 aromatic rings. The van der Waals surface area contributed by atoms with Crippen molar-refractivity contribution in [1.29, 1.82) is 0 Å². The minimum absolute atomic E-state index is 0.371. The van der Waals surface area contributed by atoms with E-state index < -0.39 is 0 Å². The molecule has 0 aromatic heterocycles. The van der Waals surface area contributed by atoms with E-state index in [9.17, 15) is 0 Å². The van der Waals surface area contributed by atoms with Gasteiger partial charge in [0.25, 0.3) is 0 Å². The Bertz CT molecular complexity index is 228. The van der Waals surface area contributed by atoms with Crippen molar-refractivity contribution >= 4 is 22.5 Å². The van der Waals surface area contributed by atoms with Gasteiger partial charge in [0, 0.05) is 0 Å². The van der Waals surface area contributed by atoms with Gasteiger partial charge in [0.1, 0.15) is 0 Å². The van der Waals surface area contributed by atoms with Gasteiger partial charge in [0.05, 0.1) is 0 Å². The molecule has 0 heterocycles. The molecule has 0 spiro atoms. The van der Waals surface area contributed by atoms with Crippen LogP contribution < -0.4 is 0 Å². The molecule has 60 valence electrons. The summed E-state index contributed by atoms with van der Waals surface area (Å²) in [6.45, 7) is 11.4. The Morgan fingerprint density at radius 1 is 1.00 bits per heavy atom. The Morgan fingerprint density at radius 2 is 1.45 bits per heavy atom. The van der Waals surface area contributed by atoms with Gasteiger partial charge in [-0.05, 0) is 0 Å². The molecule has 1 rings (SSSR count). The van der Waals surface area contributed by atoms with Crippen LogP contribution in [0.4, 0.5) is 0 Å². The zero-order chi connectivity index (χ0) is 8.81. The van der Waals surface area contributed by atoms with Gasteiger partial charge in [-0.15, -0.1) is 0 Å². The van der Waals surface area contributed by atoms with Crippen molar-refractivity contribution in [3.05, 3.63) is 20.3 Å². The Hall–Kier alpha value is 0.279. The Balaban J connectivity index is 3.27. The average molecular weight is 255 g/mol. The van der Waals surface area contributed by atoms with Crippen LogP contribution in [0.5, 0.6) is 0 Å². The molecule has 1 aliphatic rings. The Labute approximate surface area is 82.8 Å². The number of hydrogen-bond donors (Lipinski definition) is 0. The molecular weight excluding hydrogens is 239 g/mol. The van der Waals surface area contributed by atoms with Crippen LogP contribution in [0.15, 0.2) is 20.3 Å². The van der Waals surface area contributed by atoms with E-state index in [0.29, 0.717) is 5.41 Å². The fourth-order valence-electron chi connectivity index (χ4n) is 1.62. The third-order valence-corrected chi connectivity index (χ3v) is 6.44. The summed E-state index contributed by atoms with van der Waals surface area (Å²) >= 11 is 1.28. The van der Waals surface area contributed by atoms with Crippen molar-refractivity contribution < 1.29 is 0 Å². The van der Waals surface area contributed by atoms with Gasteiger partial charge in [-0.1, -0.05) is 0 Å². The van der Waals surface area contributed by atoms with Crippen molar-refractivity contribution in [2.45, 2.75) is 34.6 Å². The van der Waals surface area contributed by atoms with Crippen LogP contribution in [0.1, 0.15) is 34.6 Å². The molecule has 0 amide bonds. The molecule has 1 heteroatoms. The summed E-state index contributed by atoms with van der Waals surface area (Å²) in [5.41, 5.74) is 5.02. The van der Waals surface area contributed by atoms with E-state index in [-0.39, 0.29) is 0 Å². The van der Waals surface area contributed by atoms with Crippen LogP contribution in [0.2, 0.25) is 0 Å². The first-order valence-electron chi connectivity index (χ1n) is 4.04. The molecule has 0 unspecified atom stereocenters. The predicted octanol–water partition coefficient (Wildman–Crippen LogP) is 2.54. The van der Waals surface area contributed by atoms with Gasteiger partial charge >= 0.3 is 82.9 Å². The molecule has 11 heavy (non-hydrogen) atoms. The normalized spacial score (nSPS) is 23.5. The maximum absolute atomic E-state index is 2.34. The standard InChI is InChI=1S/C10H15.Sn.H/c1-7-6-10(4,5)9(3)8(7)2;;/h1-5H3;;. The van der Waals surface area contributed by atoms with Crippen LogP contribution in [0.3, 0.4) is 0 Å². The van der Waals surface area contributed by atoms with Crippen LogP contribution in [0.25, 0.3) is 0 Å². The van der Waals surface area contributed by atoms with Crippen LogP contribution in [-0.4, -0.2) is 22.5 Å². The van der Waals surface area contributed by atoms with Gasteiger partial charge in [-0.2, -0.15) is 0 Å². The van der Waals surface area contributed by atoms with E-state index in [4.69, 9.17) is 0 Å². The fraction of sp³-hybridized carbons (Fsp3) is 0.600.